The molecule has 23 heavy (non-hydrogen) atoms. The molecule has 2 aromatic rings. The standard InChI is InChI=1S/C18H19FN2O2/c1-21(11-15-4-2-14(10-20)3-5-15)12-17(22)13-23-18-8-6-16(19)7-9-18/h2-9,17,22H,11-13H2,1H3. The van der Waals surface area contributed by atoms with Crippen LogP contribution in [0.2, 0.25) is 0 Å². The zero-order valence-corrected chi connectivity index (χ0v) is 12.9. The van der Waals surface area contributed by atoms with Gasteiger partial charge in [-0.25, -0.2) is 4.39 Å². The normalized spacial score (nSPS) is 12.0. The Bertz CT molecular complexity index is 650. The van der Waals surface area contributed by atoms with Gasteiger partial charge in [0.15, 0.2) is 0 Å². The number of aliphatic hydroxyl groups is 1. The molecule has 0 amide bonds. The van der Waals surface area contributed by atoms with E-state index in [1.165, 1.54) is 24.3 Å². The molecule has 0 aliphatic rings. The maximum absolute atomic E-state index is 12.8. The minimum absolute atomic E-state index is 0.142. The minimum Gasteiger partial charge on any atom is -0.491 e. The summed E-state index contributed by atoms with van der Waals surface area (Å²) in [6, 6.07) is 15.1. The van der Waals surface area contributed by atoms with Crippen LogP contribution in [0.3, 0.4) is 0 Å². The van der Waals surface area contributed by atoms with Crippen molar-refractivity contribution in [3.63, 3.8) is 0 Å². The number of likely N-dealkylation sites (N-methyl/N-ethyl adjacent to an activating group) is 1. The highest BCUT2D eigenvalue weighted by Crippen LogP contribution is 2.12. The number of halogens is 1. The summed E-state index contributed by atoms with van der Waals surface area (Å²) in [5.74, 6) is 0.209. The molecule has 1 atom stereocenters. The predicted octanol–water partition coefficient (Wildman–Crippen LogP) is 2.57. The van der Waals surface area contributed by atoms with Gasteiger partial charge in [-0.2, -0.15) is 5.26 Å². The first kappa shape index (κ1) is 16.9. The largest absolute Gasteiger partial charge is 0.491 e. The van der Waals surface area contributed by atoms with Crippen molar-refractivity contribution in [2.24, 2.45) is 0 Å². The van der Waals surface area contributed by atoms with E-state index in [9.17, 15) is 9.50 Å². The second kappa shape index (κ2) is 8.28. The van der Waals surface area contributed by atoms with Crippen LogP contribution in [0.25, 0.3) is 0 Å². The van der Waals surface area contributed by atoms with E-state index in [0.717, 1.165) is 5.56 Å². The minimum atomic E-state index is -0.650. The van der Waals surface area contributed by atoms with E-state index in [2.05, 4.69) is 6.07 Å². The van der Waals surface area contributed by atoms with E-state index in [-0.39, 0.29) is 12.4 Å². The van der Waals surface area contributed by atoms with E-state index in [0.29, 0.717) is 24.4 Å². The van der Waals surface area contributed by atoms with Gasteiger partial charge in [-0.3, -0.25) is 4.90 Å². The third-order valence-corrected chi connectivity index (χ3v) is 3.31. The van der Waals surface area contributed by atoms with Crippen LogP contribution in [-0.4, -0.2) is 36.3 Å². The molecule has 5 heteroatoms. The summed E-state index contributed by atoms with van der Waals surface area (Å²) in [6.07, 6.45) is -0.650. The lowest BCUT2D eigenvalue weighted by molar-refractivity contribution is 0.0743. The molecule has 0 spiro atoms. The zero-order valence-electron chi connectivity index (χ0n) is 12.9. The molecule has 0 fully saturated rings. The fourth-order valence-corrected chi connectivity index (χ4v) is 2.20. The molecule has 0 aromatic heterocycles. The molecule has 2 aromatic carbocycles. The Morgan fingerprint density at radius 2 is 1.83 bits per heavy atom. The molecule has 0 saturated carbocycles. The van der Waals surface area contributed by atoms with Gasteiger partial charge in [0, 0.05) is 13.1 Å². The van der Waals surface area contributed by atoms with E-state index in [4.69, 9.17) is 10.00 Å². The van der Waals surface area contributed by atoms with Crippen LogP contribution in [0.4, 0.5) is 4.39 Å². The second-order valence-corrected chi connectivity index (χ2v) is 5.42. The monoisotopic (exact) mass is 314 g/mol. The van der Waals surface area contributed by atoms with Crippen molar-refractivity contribution in [3.8, 4) is 11.8 Å². The van der Waals surface area contributed by atoms with Crippen molar-refractivity contribution in [1.29, 1.82) is 5.26 Å². The van der Waals surface area contributed by atoms with E-state index < -0.39 is 6.10 Å². The predicted molar refractivity (Wildman–Crippen MR) is 85.4 cm³/mol. The number of nitriles is 1. The molecule has 2 rings (SSSR count). The van der Waals surface area contributed by atoms with Crippen molar-refractivity contribution >= 4 is 0 Å². The summed E-state index contributed by atoms with van der Waals surface area (Å²) in [5, 5.41) is 18.8. The molecule has 0 aliphatic heterocycles. The Morgan fingerprint density at radius 3 is 2.43 bits per heavy atom. The Hall–Kier alpha value is -2.42. The lowest BCUT2D eigenvalue weighted by Crippen LogP contribution is -2.32. The Kier molecular flexibility index (Phi) is 6.10. The average molecular weight is 314 g/mol. The summed E-state index contributed by atoms with van der Waals surface area (Å²) >= 11 is 0. The molecule has 120 valence electrons. The molecule has 0 bridgehead atoms. The van der Waals surface area contributed by atoms with Gasteiger partial charge < -0.3 is 9.84 Å². The summed E-state index contributed by atoms with van der Waals surface area (Å²) < 4.78 is 18.2. The summed E-state index contributed by atoms with van der Waals surface area (Å²) in [5.41, 5.74) is 1.70. The number of hydrogen-bond acceptors (Lipinski definition) is 4. The van der Waals surface area contributed by atoms with Gasteiger partial charge in [0.25, 0.3) is 0 Å². The van der Waals surface area contributed by atoms with Gasteiger partial charge in [-0.1, -0.05) is 12.1 Å². The van der Waals surface area contributed by atoms with Crippen molar-refractivity contribution in [3.05, 3.63) is 65.5 Å². The lowest BCUT2D eigenvalue weighted by atomic mass is 10.1. The molecule has 0 aliphatic carbocycles. The van der Waals surface area contributed by atoms with E-state index >= 15 is 0 Å². The molecule has 0 heterocycles. The third-order valence-electron chi connectivity index (χ3n) is 3.31. The number of ether oxygens (including phenoxy) is 1. The molecule has 0 radical (unpaired) electrons. The first-order chi connectivity index (χ1) is 11.1. The van der Waals surface area contributed by atoms with Gasteiger partial charge >= 0.3 is 0 Å². The van der Waals surface area contributed by atoms with Gasteiger partial charge in [0.05, 0.1) is 11.6 Å². The van der Waals surface area contributed by atoms with Crippen molar-refractivity contribution in [2.45, 2.75) is 12.6 Å². The number of nitrogens with zero attached hydrogens (tertiary/aromatic N) is 2. The highest BCUT2D eigenvalue weighted by molar-refractivity contribution is 5.31. The van der Waals surface area contributed by atoms with Crippen molar-refractivity contribution in [1.82, 2.24) is 4.90 Å². The third kappa shape index (κ3) is 5.70. The number of benzene rings is 2. The van der Waals surface area contributed by atoms with Crippen LogP contribution in [0.5, 0.6) is 5.75 Å². The topological polar surface area (TPSA) is 56.5 Å². The number of hydrogen-bond donors (Lipinski definition) is 1. The molecule has 1 N–H and O–H groups in total. The highest BCUT2D eigenvalue weighted by atomic mass is 19.1. The van der Waals surface area contributed by atoms with Crippen LogP contribution in [-0.2, 0) is 6.54 Å². The molecule has 4 nitrogen and oxygen atoms in total. The van der Waals surface area contributed by atoms with Gasteiger partial charge in [0.1, 0.15) is 24.3 Å². The van der Waals surface area contributed by atoms with Crippen LogP contribution < -0.4 is 4.74 Å². The summed E-state index contributed by atoms with van der Waals surface area (Å²) in [6.45, 7) is 1.25. The Balaban J connectivity index is 1.76. The Morgan fingerprint density at radius 1 is 1.17 bits per heavy atom. The smallest absolute Gasteiger partial charge is 0.123 e. The van der Waals surface area contributed by atoms with Gasteiger partial charge in [-0.15, -0.1) is 0 Å². The zero-order chi connectivity index (χ0) is 16.7. The molecular formula is C18H19FN2O2. The molecule has 0 saturated heterocycles. The molecule has 1 unspecified atom stereocenters. The first-order valence-electron chi connectivity index (χ1n) is 7.31. The lowest BCUT2D eigenvalue weighted by Gasteiger charge is -2.21. The first-order valence-corrected chi connectivity index (χ1v) is 7.31. The van der Waals surface area contributed by atoms with Crippen molar-refractivity contribution < 1.29 is 14.2 Å². The SMILES string of the molecule is CN(Cc1ccc(C#N)cc1)CC(O)COc1ccc(F)cc1. The van der Waals surface area contributed by atoms with Crippen LogP contribution in [0.15, 0.2) is 48.5 Å². The quantitative estimate of drug-likeness (QED) is 0.853. The fraction of sp³-hybridized carbons (Fsp3) is 0.278. The van der Waals surface area contributed by atoms with Crippen LogP contribution >= 0.6 is 0 Å². The summed E-state index contributed by atoms with van der Waals surface area (Å²) in [7, 11) is 1.90. The molecular weight excluding hydrogens is 295 g/mol. The number of rotatable bonds is 7. The number of aliphatic hydroxyl groups excluding tert-OH is 1. The maximum atomic E-state index is 12.8. The van der Waals surface area contributed by atoms with E-state index in [1.54, 1.807) is 12.1 Å². The van der Waals surface area contributed by atoms with E-state index in [1.807, 2.05) is 24.1 Å². The fourth-order valence-electron chi connectivity index (χ4n) is 2.20. The van der Waals surface area contributed by atoms with Gasteiger partial charge in [0.2, 0.25) is 0 Å². The van der Waals surface area contributed by atoms with Gasteiger partial charge in [-0.05, 0) is 49.0 Å². The average Bonchev–Trinajstić information content (AvgIpc) is 2.55. The Labute approximate surface area is 135 Å². The van der Waals surface area contributed by atoms with Crippen LogP contribution in [0.1, 0.15) is 11.1 Å². The second-order valence-electron chi connectivity index (χ2n) is 5.42. The van der Waals surface area contributed by atoms with Crippen molar-refractivity contribution in [2.75, 3.05) is 20.2 Å². The maximum Gasteiger partial charge on any atom is 0.123 e. The van der Waals surface area contributed by atoms with Crippen LogP contribution in [0, 0.1) is 17.1 Å². The summed E-state index contributed by atoms with van der Waals surface area (Å²) in [4.78, 5) is 1.97. The highest BCUT2D eigenvalue weighted by Gasteiger charge is 2.10.